The largest absolute Gasteiger partial charge is 0.389 e. The van der Waals surface area contributed by atoms with E-state index in [2.05, 4.69) is 5.10 Å². The van der Waals surface area contributed by atoms with Gasteiger partial charge < -0.3 is 10.0 Å². The van der Waals surface area contributed by atoms with Crippen LogP contribution in [0.5, 0.6) is 0 Å². The monoisotopic (exact) mass is 223 g/mol. The molecule has 88 valence electrons. The van der Waals surface area contributed by atoms with Crippen LogP contribution in [0.25, 0.3) is 0 Å². The summed E-state index contributed by atoms with van der Waals surface area (Å²) >= 11 is 0. The van der Waals surface area contributed by atoms with E-state index in [1.807, 2.05) is 24.6 Å². The molecule has 0 bridgehead atoms. The number of carbonyl (C=O) groups is 1. The molecule has 1 aromatic rings. The molecule has 16 heavy (non-hydrogen) atoms. The molecule has 1 N–H and O–H groups in total. The van der Waals surface area contributed by atoms with Gasteiger partial charge in [-0.25, -0.2) is 0 Å². The number of aromatic nitrogens is 2. The predicted octanol–water partition coefficient (Wildman–Crippen LogP) is 0.0931. The van der Waals surface area contributed by atoms with Crippen LogP contribution in [0.1, 0.15) is 17.8 Å². The molecule has 2 heterocycles. The molecule has 2 rings (SSSR count). The Balaban J connectivity index is 1.83. The van der Waals surface area contributed by atoms with E-state index in [4.69, 9.17) is 5.11 Å². The van der Waals surface area contributed by atoms with Crippen molar-refractivity contribution in [3.63, 3.8) is 0 Å². The number of aryl methyl sites for hydroxylation is 3. The second-order valence-electron chi connectivity index (χ2n) is 4.35. The predicted molar refractivity (Wildman–Crippen MR) is 58.9 cm³/mol. The van der Waals surface area contributed by atoms with Gasteiger partial charge in [0, 0.05) is 31.7 Å². The molecule has 0 spiro atoms. The topological polar surface area (TPSA) is 58.4 Å². The maximum absolute atomic E-state index is 11.6. The summed E-state index contributed by atoms with van der Waals surface area (Å²) in [6, 6.07) is 2.00. The Morgan fingerprint density at radius 1 is 1.56 bits per heavy atom. The van der Waals surface area contributed by atoms with Crippen molar-refractivity contribution in [1.82, 2.24) is 14.7 Å². The number of likely N-dealkylation sites (tertiary alicyclic amines) is 1. The van der Waals surface area contributed by atoms with Gasteiger partial charge in [-0.2, -0.15) is 5.10 Å². The normalized spacial score (nSPS) is 16.3. The Labute approximate surface area is 94.7 Å². The van der Waals surface area contributed by atoms with Gasteiger partial charge in [0.25, 0.3) is 0 Å². The fourth-order valence-electron chi connectivity index (χ4n) is 1.92. The molecular weight excluding hydrogens is 206 g/mol. The van der Waals surface area contributed by atoms with Gasteiger partial charge in [0.2, 0.25) is 5.91 Å². The van der Waals surface area contributed by atoms with E-state index >= 15 is 0 Å². The first-order valence-electron chi connectivity index (χ1n) is 5.53. The van der Waals surface area contributed by atoms with Crippen molar-refractivity contribution in [3.8, 4) is 0 Å². The Kier molecular flexibility index (Phi) is 2.96. The minimum atomic E-state index is -0.322. The zero-order valence-electron chi connectivity index (χ0n) is 9.68. The Morgan fingerprint density at radius 3 is 2.75 bits per heavy atom. The van der Waals surface area contributed by atoms with Crippen LogP contribution in [-0.2, 0) is 11.3 Å². The molecule has 1 aliphatic rings. The number of carbonyl (C=O) groups excluding carboxylic acids is 1. The van der Waals surface area contributed by atoms with Crippen molar-refractivity contribution in [2.45, 2.75) is 32.9 Å². The molecule has 1 aliphatic heterocycles. The second-order valence-corrected chi connectivity index (χ2v) is 4.35. The number of rotatable bonds is 3. The molecule has 0 aromatic carbocycles. The Morgan fingerprint density at radius 2 is 2.25 bits per heavy atom. The van der Waals surface area contributed by atoms with Gasteiger partial charge in [-0.15, -0.1) is 0 Å². The average Bonchev–Trinajstić information content (AvgIpc) is 2.49. The van der Waals surface area contributed by atoms with Gasteiger partial charge in [0.1, 0.15) is 0 Å². The molecule has 0 aliphatic carbocycles. The van der Waals surface area contributed by atoms with Gasteiger partial charge in [0.15, 0.2) is 0 Å². The fraction of sp³-hybridized carbons (Fsp3) is 0.636. The highest BCUT2D eigenvalue weighted by molar-refractivity contribution is 5.77. The van der Waals surface area contributed by atoms with Crippen LogP contribution in [-0.4, -0.2) is 44.9 Å². The second kappa shape index (κ2) is 4.25. The number of nitrogens with zero attached hydrogens (tertiary/aromatic N) is 3. The Bertz CT molecular complexity index is 394. The minimum absolute atomic E-state index is 0.0952. The van der Waals surface area contributed by atoms with E-state index in [0.717, 1.165) is 11.4 Å². The average molecular weight is 223 g/mol. The van der Waals surface area contributed by atoms with E-state index in [9.17, 15) is 4.79 Å². The van der Waals surface area contributed by atoms with E-state index < -0.39 is 0 Å². The zero-order valence-corrected chi connectivity index (χ0v) is 9.68. The van der Waals surface area contributed by atoms with E-state index in [0.29, 0.717) is 26.1 Å². The Hall–Kier alpha value is -1.36. The lowest BCUT2D eigenvalue weighted by molar-refractivity contribution is -0.141. The molecule has 0 atom stereocenters. The van der Waals surface area contributed by atoms with Crippen LogP contribution >= 0.6 is 0 Å². The summed E-state index contributed by atoms with van der Waals surface area (Å²) in [5.41, 5.74) is 2.05. The van der Waals surface area contributed by atoms with Crippen molar-refractivity contribution in [3.05, 3.63) is 17.5 Å². The third kappa shape index (κ3) is 2.24. The molecule has 0 unspecified atom stereocenters. The van der Waals surface area contributed by atoms with E-state index in [-0.39, 0.29) is 12.0 Å². The van der Waals surface area contributed by atoms with Crippen LogP contribution in [0, 0.1) is 13.8 Å². The number of amides is 1. The summed E-state index contributed by atoms with van der Waals surface area (Å²) in [6.45, 7) is 5.51. The molecule has 1 aromatic heterocycles. The van der Waals surface area contributed by atoms with Crippen LogP contribution in [0.15, 0.2) is 6.07 Å². The van der Waals surface area contributed by atoms with E-state index in [1.165, 1.54) is 0 Å². The SMILES string of the molecule is Cc1cc(C)n(CCC(=O)N2CC(O)C2)n1. The highest BCUT2D eigenvalue weighted by Crippen LogP contribution is 2.10. The summed E-state index contributed by atoms with van der Waals surface area (Å²) in [6.07, 6.45) is 0.131. The number of hydrogen-bond acceptors (Lipinski definition) is 3. The quantitative estimate of drug-likeness (QED) is 0.790. The van der Waals surface area contributed by atoms with Crippen molar-refractivity contribution in [1.29, 1.82) is 0 Å². The highest BCUT2D eigenvalue weighted by atomic mass is 16.3. The minimum Gasteiger partial charge on any atom is -0.389 e. The maximum atomic E-state index is 11.6. The van der Waals surface area contributed by atoms with Gasteiger partial charge in [-0.05, 0) is 19.9 Å². The van der Waals surface area contributed by atoms with Crippen LogP contribution in [0.3, 0.4) is 0 Å². The van der Waals surface area contributed by atoms with Gasteiger partial charge in [-0.1, -0.05) is 0 Å². The summed E-state index contributed by atoms with van der Waals surface area (Å²) in [5.74, 6) is 0.0952. The van der Waals surface area contributed by atoms with Crippen molar-refractivity contribution >= 4 is 5.91 Å². The molecule has 5 nitrogen and oxygen atoms in total. The van der Waals surface area contributed by atoms with Crippen LogP contribution in [0.2, 0.25) is 0 Å². The summed E-state index contributed by atoms with van der Waals surface area (Å²) < 4.78 is 1.85. The molecule has 5 heteroatoms. The van der Waals surface area contributed by atoms with Gasteiger partial charge >= 0.3 is 0 Å². The summed E-state index contributed by atoms with van der Waals surface area (Å²) in [4.78, 5) is 13.3. The smallest absolute Gasteiger partial charge is 0.224 e. The maximum Gasteiger partial charge on any atom is 0.224 e. The molecule has 0 saturated carbocycles. The molecule has 1 amide bonds. The molecule has 1 fully saturated rings. The van der Waals surface area contributed by atoms with Crippen LogP contribution in [0.4, 0.5) is 0 Å². The molecule has 1 saturated heterocycles. The first-order valence-corrected chi connectivity index (χ1v) is 5.53. The standard InChI is InChI=1S/C11H17N3O2/c1-8-5-9(2)14(12-8)4-3-11(16)13-6-10(15)7-13/h5,10,15H,3-4,6-7H2,1-2H3. The van der Waals surface area contributed by atoms with Crippen molar-refractivity contribution in [2.75, 3.05) is 13.1 Å². The third-order valence-electron chi connectivity index (χ3n) is 2.86. The number of β-amino-alcohol motifs (C(OH)–C–C–N with tert-alkyl or cyclic N) is 1. The van der Waals surface area contributed by atoms with Crippen molar-refractivity contribution < 1.29 is 9.90 Å². The molecule has 0 radical (unpaired) electrons. The number of aliphatic hydroxyl groups excluding tert-OH is 1. The van der Waals surface area contributed by atoms with Gasteiger partial charge in [0.05, 0.1) is 11.8 Å². The lowest BCUT2D eigenvalue weighted by atomic mass is 10.1. The van der Waals surface area contributed by atoms with Crippen LogP contribution < -0.4 is 0 Å². The summed E-state index contributed by atoms with van der Waals surface area (Å²) in [7, 11) is 0. The number of aliphatic hydroxyl groups is 1. The fourth-order valence-corrected chi connectivity index (χ4v) is 1.92. The zero-order chi connectivity index (χ0) is 11.7. The third-order valence-corrected chi connectivity index (χ3v) is 2.86. The highest BCUT2D eigenvalue weighted by Gasteiger charge is 2.28. The lowest BCUT2D eigenvalue weighted by Gasteiger charge is -2.35. The first-order chi connectivity index (χ1) is 7.56. The van der Waals surface area contributed by atoms with E-state index in [1.54, 1.807) is 4.90 Å². The molecular formula is C11H17N3O2. The summed E-state index contributed by atoms with van der Waals surface area (Å²) in [5, 5.41) is 13.4. The van der Waals surface area contributed by atoms with Crippen molar-refractivity contribution in [2.24, 2.45) is 0 Å². The first kappa shape index (κ1) is 11.1. The number of hydrogen-bond donors (Lipinski definition) is 1. The lowest BCUT2D eigenvalue weighted by Crippen LogP contribution is -2.53. The van der Waals surface area contributed by atoms with Gasteiger partial charge in [-0.3, -0.25) is 9.48 Å².